The fraction of sp³-hybridized carbons (Fsp3) is 0.240. The summed E-state index contributed by atoms with van der Waals surface area (Å²) in [4.78, 5) is 21.5. The molecule has 0 atom stereocenters. The van der Waals surface area contributed by atoms with Crippen molar-refractivity contribution in [3.63, 3.8) is 0 Å². The van der Waals surface area contributed by atoms with Crippen molar-refractivity contribution in [1.82, 2.24) is 29.0 Å². The van der Waals surface area contributed by atoms with Crippen molar-refractivity contribution in [1.29, 1.82) is 0 Å². The fourth-order valence-corrected chi connectivity index (χ4v) is 4.68. The van der Waals surface area contributed by atoms with Crippen molar-refractivity contribution < 1.29 is 23.0 Å². The van der Waals surface area contributed by atoms with Crippen LogP contribution in [0.5, 0.6) is 5.75 Å². The summed E-state index contributed by atoms with van der Waals surface area (Å²) in [5.74, 6) is -0.454. The van der Waals surface area contributed by atoms with Gasteiger partial charge < -0.3 is 14.8 Å². The van der Waals surface area contributed by atoms with E-state index in [2.05, 4.69) is 25.5 Å². The number of benzene rings is 1. The zero-order chi connectivity index (χ0) is 25.7. The van der Waals surface area contributed by atoms with Gasteiger partial charge in [0.25, 0.3) is 0 Å². The van der Waals surface area contributed by atoms with Gasteiger partial charge in [-0.1, -0.05) is 0 Å². The highest BCUT2D eigenvalue weighted by molar-refractivity contribution is 5.93. The number of hydrogen-bond donors (Lipinski definition) is 1. The van der Waals surface area contributed by atoms with Crippen LogP contribution in [-0.4, -0.2) is 48.1 Å². The number of ether oxygens (including phenoxy) is 2. The highest BCUT2D eigenvalue weighted by Gasteiger charge is 2.24. The minimum Gasteiger partial charge on any atom is -0.493 e. The molecule has 0 amide bonds. The second-order valence-corrected chi connectivity index (χ2v) is 8.51. The zero-order valence-electron chi connectivity index (χ0n) is 20.0. The summed E-state index contributed by atoms with van der Waals surface area (Å²) in [6.07, 6.45) is 4.79. The van der Waals surface area contributed by atoms with E-state index >= 15 is 0 Å². The van der Waals surface area contributed by atoms with E-state index in [9.17, 15) is 13.6 Å². The quantitative estimate of drug-likeness (QED) is 0.348. The Morgan fingerprint density at radius 2 is 2.08 bits per heavy atom. The van der Waals surface area contributed by atoms with Gasteiger partial charge in [0.2, 0.25) is 5.95 Å². The van der Waals surface area contributed by atoms with Crippen LogP contribution < -0.4 is 10.1 Å². The number of anilines is 1. The first-order valence-corrected chi connectivity index (χ1v) is 11.7. The number of halogens is 2. The molecule has 0 unspecified atom stereocenters. The first-order valence-electron chi connectivity index (χ1n) is 11.7. The minimum absolute atomic E-state index is 0.141. The Labute approximate surface area is 208 Å². The molecule has 10 nitrogen and oxygen atoms in total. The molecule has 0 radical (unpaired) electrons. The molecule has 0 aliphatic carbocycles. The van der Waals surface area contributed by atoms with Crippen LogP contribution in [-0.2, 0) is 17.7 Å². The van der Waals surface area contributed by atoms with Gasteiger partial charge in [-0.25, -0.2) is 23.5 Å². The Balaban J connectivity index is 1.42. The van der Waals surface area contributed by atoms with Crippen LogP contribution in [0.2, 0.25) is 0 Å². The van der Waals surface area contributed by atoms with E-state index in [0.717, 1.165) is 5.56 Å². The van der Waals surface area contributed by atoms with Crippen molar-refractivity contribution in [2.75, 3.05) is 18.5 Å². The minimum atomic E-state index is -0.598. The maximum Gasteiger partial charge on any atom is 0.357 e. The molecule has 5 aromatic rings. The molecular formula is C25H21F2N7O3. The predicted molar refractivity (Wildman–Crippen MR) is 129 cm³/mol. The van der Waals surface area contributed by atoms with Gasteiger partial charge in [-0.15, -0.1) is 10.2 Å². The van der Waals surface area contributed by atoms with Crippen LogP contribution in [0.25, 0.3) is 22.4 Å². The molecule has 0 bridgehead atoms. The van der Waals surface area contributed by atoms with Crippen LogP contribution in [0, 0.1) is 18.6 Å². The molecular weight excluding hydrogens is 484 g/mol. The summed E-state index contributed by atoms with van der Waals surface area (Å²) in [6, 6.07) is 4.33. The molecule has 6 rings (SSSR count). The summed E-state index contributed by atoms with van der Waals surface area (Å²) in [5, 5.41) is 11.4. The average Bonchev–Trinajstić information content (AvgIpc) is 3.61. The Hall–Kier alpha value is -4.61. The summed E-state index contributed by atoms with van der Waals surface area (Å²) in [5.41, 5.74) is 3.43. The normalized spacial score (nSPS) is 12.6. The molecule has 0 spiro atoms. The number of aryl methyl sites for hydroxylation is 1. The average molecular weight is 505 g/mol. The van der Waals surface area contributed by atoms with Gasteiger partial charge in [0, 0.05) is 47.6 Å². The maximum atomic E-state index is 14.8. The van der Waals surface area contributed by atoms with E-state index in [1.807, 2.05) is 0 Å². The third kappa shape index (κ3) is 3.72. The SMILES string of the molecule is CCOC(=O)c1c(C)nc2c(-c3cnc(NCc4c(F)ccc5c4CCO5)n4cnnc34)cc(F)cn12. The van der Waals surface area contributed by atoms with Gasteiger partial charge >= 0.3 is 5.97 Å². The third-order valence-corrected chi connectivity index (χ3v) is 6.32. The zero-order valence-corrected chi connectivity index (χ0v) is 20.0. The Morgan fingerprint density at radius 1 is 1.22 bits per heavy atom. The lowest BCUT2D eigenvalue weighted by Crippen LogP contribution is -2.10. The number of hydrogen-bond acceptors (Lipinski definition) is 8. The molecule has 0 saturated heterocycles. The van der Waals surface area contributed by atoms with Crippen molar-refractivity contribution in [3.05, 3.63) is 71.1 Å². The number of nitrogens with one attached hydrogen (secondary N) is 1. The first-order chi connectivity index (χ1) is 18.0. The number of esters is 1. The summed E-state index contributed by atoms with van der Waals surface area (Å²) in [7, 11) is 0. The van der Waals surface area contributed by atoms with Gasteiger partial charge in [-0.3, -0.25) is 8.80 Å². The van der Waals surface area contributed by atoms with Crippen molar-refractivity contribution in [3.8, 4) is 16.9 Å². The van der Waals surface area contributed by atoms with Crippen molar-refractivity contribution >= 4 is 23.2 Å². The van der Waals surface area contributed by atoms with Crippen molar-refractivity contribution in [2.24, 2.45) is 0 Å². The number of carbonyl (C=O) groups is 1. The van der Waals surface area contributed by atoms with E-state index in [1.165, 1.54) is 35.3 Å². The maximum absolute atomic E-state index is 14.8. The Bertz CT molecular complexity index is 1700. The number of fused-ring (bicyclic) bond motifs is 3. The van der Waals surface area contributed by atoms with Gasteiger partial charge in [0.05, 0.1) is 18.9 Å². The molecule has 0 fully saturated rings. The lowest BCUT2D eigenvalue weighted by Gasteiger charge is -2.13. The number of imidazole rings is 1. The van der Waals surface area contributed by atoms with Crippen LogP contribution in [0.15, 0.2) is 36.9 Å². The van der Waals surface area contributed by atoms with Crippen LogP contribution in [0.1, 0.15) is 34.2 Å². The number of nitrogens with zero attached hydrogens (tertiary/aromatic N) is 6. The smallest absolute Gasteiger partial charge is 0.357 e. The molecule has 1 aliphatic heterocycles. The fourth-order valence-electron chi connectivity index (χ4n) is 4.68. The van der Waals surface area contributed by atoms with E-state index in [4.69, 9.17) is 9.47 Å². The van der Waals surface area contributed by atoms with Crippen LogP contribution in [0.4, 0.5) is 14.7 Å². The van der Waals surface area contributed by atoms with E-state index < -0.39 is 11.8 Å². The van der Waals surface area contributed by atoms with E-state index in [-0.39, 0.29) is 24.7 Å². The largest absolute Gasteiger partial charge is 0.493 e. The molecule has 37 heavy (non-hydrogen) atoms. The summed E-state index contributed by atoms with van der Waals surface area (Å²) in [6.45, 7) is 4.21. The summed E-state index contributed by atoms with van der Waals surface area (Å²) >= 11 is 0. The van der Waals surface area contributed by atoms with Gasteiger partial charge in [0.1, 0.15) is 29.4 Å². The second kappa shape index (κ2) is 8.80. The molecule has 1 N–H and O–H groups in total. The van der Waals surface area contributed by atoms with Crippen LogP contribution in [0.3, 0.4) is 0 Å². The number of pyridine rings is 1. The summed E-state index contributed by atoms with van der Waals surface area (Å²) < 4.78 is 43.0. The molecule has 0 saturated carbocycles. The van der Waals surface area contributed by atoms with Crippen LogP contribution >= 0.6 is 0 Å². The second-order valence-electron chi connectivity index (χ2n) is 8.51. The van der Waals surface area contributed by atoms with Crippen molar-refractivity contribution in [2.45, 2.75) is 26.8 Å². The highest BCUT2D eigenvalue weighted by Crippen LogP contribution is 2.32. The van der Waals surface area contributed by atoms with Gasteiger partial charge in [-0.05, 0) is 32.0 Å². The first kappa shape index (κ1) is 22.8. The molecule has 1 aromatic carbocycles. The third-order valence-electron chi connectivity index (χ3n) is 6.32. The lowest BCUT2D eigenvalue weighted by molar-refractivity contribution is 0.0517. The Morgan fingerprint density at radius 3 is 2.92 bits per heavy atom. The molecule has 188 valence electrons. The van der Waals surface area contributed by atoms with E-state index in [1.54, 1.807) is 24.3 Å². The highest BCUT2D eigenvalue weighted by atomic mass is 19.1. The Kier molecular flexibility index (Phi) is 5.43. The number of carbonyl (C=O) groups excluding carboxylic acids is 1. The standard InChI is InChI=1S/C25H21F2N7O3/c1-3-36-24(35)21-13(2)31-22-16(8-14(26)11-33(21)22)18-10-29-25(34-12-30-32-23(18)34)28-9-17-15-6-7-37-20(15)5-4-19(17)27/h4-5,8,10-12H,3,6-7,9H2,1-2H3,(H,28,29). The molecule has 12 heteroatoms. The predicted octanol–water partition coefficient (Wildman–Crippen LogP) is 3.75. The molecule has 4 aromatic heterocycles. The molecule has 5 heterocycles. The van der Waals surface area contributed by atoms with Gasteiger partial charge in [-0.2, -0.15) is 0 Å². The lowest BCUT2D eigenvalue weighted by atomic mass is 10.0. The molecule has 1 aliphatic rings. The monoisotopic (exact) mass is 505 g/mol. The topological polar surface area (TPSA) is 108 Å². The number of rotatable bonds is 6. The number of aromatic nitrogens is 6. The van der Waals surface area contributed by atoms with E-state index in [0.29, 0.717) is 58.4 Å². The van der Waals surface area contributed by atoms with Gasteiger partial charge in [0.15, 0.2) is 11.3 Å².